The van der Waals surface area contributed by atoms with Crippen molar-refractivity contribution in [1.82, 2.24) is 0 Å². The summed E-state index contributed by atoms with van der Waals surface area (Å²) >= 11 is 0. The molecule has 0 radical (unpaired) electrons. The molecule has 3 aliphatic rings. The van der Waals surface area contributed by atoms with Crippen LogP contribution in [0.25, 0.3) is 0 Å². The second kappa shape index (κ2) is 4.40. The second-order valence-electron chi connectivity index (χ2n) is 5.92. The van der Waals surface area contributed by atoms with Gasteiger partial charge in [-0.2, -0.15) is 0 Å². The van der Waals surface area contributed by atoms with E-state index in [1.165, 1.54) is 5.57 Å². The van der Waals surface area contributed by atoms with Gasteiger partial charge in [0.1, 0.15) is 5.78 Å². The molecule has 0 saturated heterocycles. The molecule has 0 amide bonds. The SMILES string of the molecule is O=C1C=C2CC[C@H]([C@H]3CCCC3=O)C[C@@H]2CC1. The molecule has 2 saturated carbocycles. The number of allylic oxidation sites excluding steroid dienone is 2. The maximum absolute atomic E-state index is 11.8. The summed E-state index contributed by atoms with van der Waals surface area (Å²) in [5.41, 5.74) is 1.38. The standard InChI is InChI=1S/C15H20O2/c16-13-7-6-10-8-12(5-4-11(10)9-13)14-2-1-3-15(14)17/h9-10,12,14H,1-8H2/t10-,12-,14+/m0/s1. The van der Waals surface area contributed by atoms with Crippen LogP contribution in [0.5, 0.6) is 0 Å². The average molecular weight is 232 g/mol. The van der Waals surface area contributed by atoms with Crippen LogP contribution >= 0.6 is 0 Å². The number of carbonyl (C=O) groups excluding carboxylic acids is 2. The maximum atomic E-state index is 11.8. The Bertz CT molecular complexity index is 380. The fourth-order valence-corrected chi connectivity index (χ4v) is 3.99. The van der Waals surface area contributed by atoms with Crippen molar-refractivity contribution in [2.75, 3.05) is 0 Å². The number of rotatable bonds is 1. The number of fused-ring (bicyclic) bond motifs is 1. The Morgan fingerprint density at radius 3 is 2.65 bits per heavy atom. The van der Waals surface area contributed by atoms with Crippen LogP contribution in [0.1, 0.15) is 51.4 Å². The molecule has 0 aromatic heterocycles. The van der Waals surface area contributed by atoms with Gasteiger partial charge >= 0.3 is 0 Å². The van der Waals surface area contributed by atoms with Gasteiger partial charge in [-0.15, -0.1) is 0 Å². The fourth-order valence-electron chi connectivity index (χ4n) is 3.99. The van der Waals surface area contributed by atoms with Gasteiger partial charge < -0.3 is 0 Å². The van der Waals surface area contributed by atoms with Gasteiger partial charge in [0.05, 0.1) is 0 Å². The molecule has 2 fully saturated rings. The normalized spacial score (nSPS) is 37.9. The van der Waals surface area contributed by atoms with Crippen molar-refractivity contribution >= 4 is 11.6 Å². The molecule has 3 rings (SSSR count). The van der Waals surface area contributed by atoms with Crippen LogP contribution in [0.2, 0.25) is 0 Å². The van der Waals surface area contributed by atoms with Gasteiger partial charge in [-0.25, -0.2) is 0 Å². The fraction of sp³-hybridized carbons (Fsp3) is 0.733. The highest BCUT2D eigenvalue weighted by molar-refractivity contribution is 5.91. The van der Waals surface area contributed by atoms with E-state index in [0.717, 1.165) is 51.4 Å². The summed E-state index contributed by atoms with van der Waals surface area (Å²) in [6.45, 7) is 0. The minimum atomic E-state index is 0.312. The minimum absolute atomic E-state index is 0.312. The summed E-state index contributed by atoms with van der Waals surface area (Å²) < 4.78 is 0. The smallest absolute Gasteiger partial charge is 0.155 e. The third-order valence-electron chi connectivity index (χ3n) is 4.92. The molecule has 0 spiro atoms. The summed E-state index contributed by atoms with van der Waals surface area (Å²) in [5.74, 6) is 2.40. The van der Waals surface area contributed by atoms with Crippen molar-refractivity contribution in [1.29, 1.82) is 0 Å². The Hall–Kier alpha value is -0.920. The zero-order valence-corrected chi connectivity index (χ0v) is 10.3. The summed E-state index contributed by atoms with van der Waals surface area (Å²) in [5, 5.41) is 0. The van der Waals surface area contributed by atoms with Crippen LogP contribution in [0.4, 0.5) is 0 Å². The lowest BCUT2D eigenvalue weighted by Gasteiger charge is -2.36. The minimum Gasteiger partial charge on any atom is -0.299 e. The molecule has 92 valence electrons. The number of carbonyl (C=O) groups is 2. The van der Waals surface area contributed by atoms with E-state index in [0.29, 0.717) is 29.3 Å². The molecule has 0 N–H and O–H groups in total. The molecular weight excluding hydrogens is 212 g/mol. The van der Waals surface area contributed by atoms with Gasteiger partial charge in [-0.05, 0) is 56.4 Å². The molecule has 0 aliphatic heterocycles. The summed E-state index contributed by atoms with van der Waals surface area (Å²) in [6, 6.07) is 0. The van der Waals surface area contributed by atoms with Crippen molar-refractivity contribution in [3.63, 3.8) is 0 Å². The van der Waals surface area contributed by atoms with E-state index in [9.17, 15) is 9.59 Å². The van der Waals surface area contributed by atoms with Crippen LogP contribution in [-0.2, 0) is 9.59 Å². The molecular formula is C15H20O2. The van der Waals surface area contributed by atoms with E-state index in [1.54, 1.807) is 0 Å². The number of Topliss-reactive ketones (excluding diaryl/α,β-unsaturated/α-hetero) is 1. The van der Waals surface area contributed by atoms with E-state index in [4.69, 9.17) is 0 Å². The Morgan fingerprint density at radius 1 is 1.00 bits per heavy atom. The van der Waals surface area contributed by atoms with Gasteiger partial charge in [-0.3, -0.25) is 9.59 Å². The van der Waals surface area contributed by atoms with E-state index < -0.39 is 0 Å². The Kier molecular flexibility index (Phi) is 2.89. The molecule has 0 bridgehead atoms. The lowest BCUT2D eigenvalue weighted by atomic mass is 9.69. The lowest BCUT2D eigenvalue weighted by molar-refractivity contribution is -0.122. The summed E-state index contributed by atoms with van der Waals surface area (Å²) in [6.07, 6.45) is 10.0. The third kappa shape index (κ3) is 2.10. The molecule has 0 aromatic rings. The van der Waals surface area contributed by atoms with Crippen LogP contribution in [0.15, 0.2) is 11.6 Å². The van der Waals surface area contributed by atoms with Crippen LogP contribution in [0.3, 0.4) is 0 Å². The monoisotopic (exact) mass is 232 g/mol. The van der Waals surface area contributed by atoms with Crippen molar-refractivity contribution < 1.29 is 9.59 Å². The quantitative estimate of drug-likeness (QED) is 0.696. The Morgan fingerprint density at radius 2 is 1.88 bits per heavy atom. The van der Waals surface area contributed by atoms with E-state index in [1.807, 2.05) is 6.08 Å². The first kappa shape index (κ1) is 11.2. The van der Waals surface area contributed by atoms with Crippen LogP contribution < -0.4 is 0 Å². The van der Waals surface area contributed by atoms with Gasteiger partial charge in [0.15, 0.2) is 5.78 Å². The summed E-state index contributed by atoms with van der Waals surface area (Å²) in [7, 11) is 0. The van der Waals surface area contributed by atoms with Gasteiger partial charge in [0, 0.05) is 18.8 Å². The zero-order valence-electron chi connectivity index (χ0n) is 10.3. The first-order valence-corrected chi connectivity index (χ1v) is 7.00. The molecule has 2 nitrogen and oxygen atoms in total. The van der Waals surface area contributed by atoms with Crippen molar-refractivity contribution in [3.8, 4) is 0 Å². The molecule has 0 unspecified atom stereocenters. The first-order valence-electron chi connectivity index (χ1n) is 7.00. The topological polar surface area (TPSA) is 34.1 Å². The average Bonchev–Trinajstić information content (AvgIpc) is 2.75. The largest absolute Gasteiger partial charge is 0.299 e. The first-order chi connectivity index (χ1) is 8.24. The Labute approximate surface area is 102 Å². The summed E-state index contributed by atoms with van der Waals surface area (Å²) in [4.78, 5) is 23.2. The molecule has 2 heteroatoms. The van der Waals surface area contributed by atoms with Gasteiger partial charge in [0.2, 0.25) is 0 Å². The highest BCUT2D eigenvalue weighted by atomic mass is 16.1. The predicted octanol–water partition coefficient (Wildman–Crippen LogP) is 3.06. The predicted molar refractivity (Wildman–Crippen MR) is 65.5 cm³/mol. The van der Waals surface area contributed by atoms with Crippen LogP contribution in [-0.4, -0.2) is 11.6 Å². The lowest BCUT2D eigenvalue weighted by Crippen LogP contribution is -2.28. The third-order valence-corrected chi connectivity index (χ3v) is 4.92. The van der Waals surface area contributed by atoms with Crippen molar-refractivity contribution in [3.05, 3.63) is 11.6 Å². The maximum Gasteiger partial charge on any atom is 0.155 e. The molecule has 3 atom stereocenters. The van der Waals surface area contributed by atoms with Crippen LogP contribution in [0, 0.1) is 17.8 Å². The van der Waals surface area contributed by atoms with E-state index in [2.05, 4.69) is 0 Å². The van der Waals surface area contributed by atoms with Crippen molar-refractivity contribution in [2.24, 2.45) is 17.8 Å². The highest BCUT2D eigenvalue weighted by Crippen LogP contribution is 2.44. The van der Waals surface area contributed by atoms with E-state index >= 15 is 0 Å². The van der Waals surface area contributed by atoms with E-state index in [-0.39, 0.29) is 0 Å². The Balaban J connectivity index is 1.70. The van der Waals surface area contributed by atoms with Gasteiger partial charge in [0.25, 0.3) is 0 Å². The molecule has 17 heavy (non-hydrogen) atoms. The number of hydrogen-bond donors (Lipinski definition) is 0. The second-order valence-corrected chi connectivity index (χ2v) is 5.92. The number of ketones is 2. The number of hydrogen-bond acceptors (Lipinski definition) is 2. The molecule has 3 aliphatic carbocycles. The molecule has 0 aromatic carbocycles. The highest BCUT2D eigenvalue weighted by Gasteiger charge is 2.37. The van der Waals surface area contributed by atoms with Gasteiger partial charge in [-0.1, -0.05) is 5.57 Å². The van der Waals surface area contributed by atoms with Crippen molar-refractivity contribution in [2.45, 2.75) is 51.4 Å². The zero-order chi connectivity index (χ0) is 11.8. The molecule has 0 heterocycles.